The van der Waals surface area contributed by atoms with Crippen LogP contribution in [0.2, 0.25) is 0 Å². The summed E-state index contributed by atoms with van der Waals surface area (Å²) in [5.74, 6) is -0.371. The zero-order valence-electron chi connectivity index (χ0n) is 11.7. The molecule has 0 spiro atoms. The molecule has 0 amide bonds. The molecule has 0 fully saturated rings. The van der Waals surface area contributed by atoms with Gasteiger partial charge in [-0.3, -0.25) is 4.79 Å². The lowest BCUT2D eigenvalue weighted by Crippen LogP contribution is -2.28. The number of carbonyl (C=O) groups is 1. The average Bonchev–Trinajstić information content (AvgIpc) is 2.53. The summed E-state index contributed by atoms with van der Waals surface area (Å²) in [6.07, 6.45) is 2.25. The molecule has 1 N–H and O–H groups in total. The minimum Gasteiger partial charge on any atom is -0.349 e. The van der Waals surface area contributed by atoms with Crippen molar-refractivity contribution < 1.29 is 4.79 Å². The fourth-order valence-electron chi connectivity index (χ4n) is 2.05. The second-order valence-electron chi connectivity index (χ2n) is 4.66. The zero-order chi connectivity index (χ0) is 15.1. The van der Waals surface area contributed by atoms with Gasteiger partial charge in [-0.1, -0.05) is 66.8 Å². The van der Waals surface area contributed by atoms with E-state index in [2.05, 4.69) is 11.9 Å². The first-order chi connectivity index (χ1) is 10.2. The quantitative estimate of drug-likeness (QED) is 0.483. The van der Waals surface area contributed by atoms with Crippen molar-refractivity contribution in [2.45, 2.75) is 6.42 Å². The molecule has 0 heterocycles. The zero-order valence-corrected chi connectivity index (χ0v) is 12.5. The van der Waals surface area contributed by atoms with E-state index in [1.165, 1.54) is 0 Å². The van der Waals surface area contributed by atoms with Crippen molar-refractivity contribution in [2.75, 3.05) is 5.32 Å². The molecule has 0 aliphatic heterocycles. The number of hydrogen-bond donors (Lipinski definition) is 1. The van der Waals surface area contributed by atoms with E-state index < -0.39 is 0 Å². The normalized spacial score (nSPS) is 11.4. The Morgan fingerprint density at radius 2 is 1.67 bits per heavy atom. The number of Topliss-reactive ketones (excluding diaryl/α,β-unsaturated/α-hetero) is 1. The number of allylic oxidation sites excluding steroid dienone is 1. The molecular weight excluding hydrogens is 278 g/mol. The van der Waals surface area contributed by atoms with Gasteiger partial charge in [-0.2, -0.15) is 0 Å². The monoisotopic (exact) mass is 295 g/mol. The molecule has 0 bridgehead atoms. The van der Waals surface area contributed by atoms with Crippen molar-refractivity contribution in [3.05, 3.63) is 78.9 Å². The molecule has 0 aliphatic rings. The van der Waals surface area contributed by atoms with Crippen LogP contribution >= 0.6 is 12.2 Å². The first kappa shape index (κ1) is 15.1. The van der Waals surface area contributed by atoms with E-state index in [9.17, 15) is 4.79 Å². The van der Waals surface area contributed by atoms with Crippen LogP contribution in [0.5, 0.6) is 0 Å². The first-order valence-electron chi connectivity index (χ1n) is 6.78. The van der Waals surface area contributed by atoms with Gasteiger partial charge >= 0.3 is 0 Å². The van der Waals surface area contributed by atoms with Gasteiger partial charge in [-0.05, 0) is 18.6 Å². The number of rotatable bonds is 6. The number of thiocarbonyl (C=S) groups is 1. The Hall–Kier alpha value is -2.26. The smallest absolute Gasteiger partial charge is 0.173 e. The highest BCUT2D eigenvalue weighted by molar-refractivity contribution is 7.80. The molecule has 0 radical (unpaired) electrons. The summed E-state index contributed by atoms with van der Waals surface area (Å²) >= 11 is 5.42. The van der Waals surface area contributed by atoms with Crippen LogP contribution in [0.15, 0.2) is 73.3 Å². The molecule has 2 nitrogen and oxygen atoms in total. The maximum atomic E-state index is 12.6. The lowest BCUT2D eigenvalue weighted by Gasteiger charge is -2.17. The molecule has 21 heavy (non-hydrogen) atoms. The Labute approximate surface area is 130 Å². The summed E-state index contributed by atoms with van der Waals surface area (Å²) in [4.78, 5) is 13.1. The molecule has 3 heteroatoms. The SMILES string of the molecule is C=CCC(C(=O)c1ccccc1)C(=S)Nc1ccccc1. The van der Waals surface area contributed by atoms with E-state index >= 15 is 0 Å². The van der Waals surface area contributed by atoms with Crippen molar-refractivity contribution in [2.24, 2.45) is 5.92 Å². The lowest BCUT2D eigenvalue weighted by molar-refractivity contribution is 0.0956. The number of hydrogen-bond acceptors (Lipinski definition) is 2. The largest absolute Gasteiger partial charge is 0.349 e. The van der Waals surface area contributed by atoms with E-state index in [0.29, 0.717) is 17.0 Å². The van der Waals surface area contributed by atoms with Crippen LogP contribution in [-0.4, -0.2) is 10.8 Å². The van der Waals surface area contributed by atoms with Gasteiger partial charge in [0.15, 0.2) is 5.78 Å². The van der Waals surface area contributed by atoms with Crippen LogP contribution in [-0.2, 0) is 0 Å². The van der Waals surface area contributed by atoms with Crippen LogP contribution in [0.25, 0.3) is 0 Å². The highest BCUT2D eigenvalue weighted by Crippen LogP contribution is 2.17. The summed E-state index contributed by atoms with van der Waals surface area (Å²) in [5.41, 5.74) is 1.55. The Kier molecular flexibility index (Phi) is 5.41. The van der Waals surface area contributed by atoms with Gasteiger partial charge in [0.1, 0.15) is 0 Å². The van der Waals surface area contributed by atoms with Gasteiger partial charge in [-0.15, -0.1) is 6.58 Å². The van der Waals surface area contributed by atoms with Crippen LogP contribution in [0.3, 0.4) is 0 Å². The van der Waals surface area contributed by atoms with E-state index in [0.717, 1.165) is 5.69 Å². The highest BCUT2D eigenvalue weighted by Gasteiger charge is 2.23. The van der Waals surface area contributed by atoms with Crippen molar-refractivity contribution in [3.63, 3.8) is 0 Å². The van der Waals surface area contributed by atoms with Crippen LogP contribution < -0.4 is 5.32 Å². The average molecular weight is 295 g/mol. The Morgan fingerprint density at radius 1 is 1.10 bits per heavy atom. The van der Waals surface area contributed by atoms with Gasteiger partial charge < -0.3 is 5.32 Å². The van der Waals surface area contributed by atoms with E-state index in [1.807, 2.05) is 60.7 Å². The van der Waals surface area contributed by atoms with Crippen LogP contribution in [0, 0.1) is 5.92 Å². The van der Waals surface area contributed by atoms with Crippen LogP contribution in [0.1, 0.15) is 16.8 Å². The van der Waals surface area contributed by atoms with Crippen LogP contribution in [0.4, 0.5) is 5.69 Å². The molecule has 1 unspecified atom stereocenters. The third-order valence-electron chi connectivity index (χ3n) is 3.13. The summed E-state index contributed by atoms with van der Waals surface area (Å²) in [5, 5.41) is 3.14. The molecule has 0 saturated carbocycles. The minimum atomic E-state index is -0.389. The Bertz CT molecular complexity index is 622. The molecule has 106 valence electrons. The summed E-state index contributed by atoms with van der Waals surface area (Å²) < 4.78 is 0. The number of carbonyl (C=O) groups excluding carboxylic acids is 1. The Morgan fingerprint density at radius 3 is 2.24 bits per heavy atom. The Balaban J connectivity index is 2.16. The fraction of sp³-hybridized carbons (Fsp3) is 0.111. The maximum absolute atomic E-state index is 12.6. The van der Waals surface area contributed by atoms with Gasteiger partial charge in [0.2, 0.25) is 0 Å². The minimum absolute atomic E-state index is 0.0175. The summed E-state index contributed by atoms with van der Waals surface area (Å²) in [6, 6.07) is 18.8. The molecule has 2 rings (SSSR count). The fourth-order valence-corrected chi connectivity index (χ4v) is 2.38. The van der Waals surface area contributed by atoms with Crippen molar-refractivity contribution in [3.8, 4) is 0 Å². The van der Waals surface area contributed by atoms with Gasteiger partial charge in [0.05, 0.1) is 10.9 Å². The van der Waals surface area contributed by atoms with E-state index in [1.54, 1.807) is 6.08 Å². The summed E-state index contributed by atoms with van der Waals surface area (Å²) in [7, 11) is 0. The number of benzene rings is 2. The van der Waals surface area contributed by atoms with E-state index in [4.69, 9.17) is 12.2 Å². The summed E-state index contributed by atoms with van der Waals surface area (Å²) in [6.45, 7) is 3.73. The predicted octanol–water partition coefficient (Wildman–Crippen LogP) is 4.50. The molecule has 0 saturated heterocycles. The number of anilines is 1. The highest BCUT2D eigenvalue weighted by atomic mass is 32.1. The van der Waals surface area contributed by atoms with E-state index in [-0.39, 0.29) is 11.7 Å². The second kappa shape index (κ2) is 7.50. The second-order valence-corrected chi connectivity index (χ2v) is 5.10. The molecule has 2 aromatic rings. The van der Waals surface area contributed by atoms with Crippen molar-refractivity contribution >= 4 is 28.7 Å². The molecule has 0 aliphatic carbocycles. The molecule has 0 aromatic heterocycles. The van der Waals surface area contributed by atoms with Gasteiger partial charge in [0.25, 0.3) is 0 Å². The van der Waals surface area contributed by atoms with Crippen molar-refractivity contribution in [1.29, 1.82) is 0 Å². The maximum Gasteiger partial charge on any atom is 0.173 e. The molecule has 1 atom stereocenters. The lowest BCUT2D eigenvalue weighted by atomic mass is 9.94. The first-order valence-corrected chi connectivity index (χ1v) is 7.19. The molecular formula is C18H17NOS. The number of nitrogens with one attached hydrogen (secondary N) is 1. The number of para-hydroxylation sites is 1. The number of ketones is 1. The van der Waals surface area contributed by atoms with Gasteiger partial charge in [0, 0.05) is 11.3 Å². The topological polar surface area (TPSA) is 29.1 Å². The van der Waals surface area contributed by atoms with Crippen molar-refractivity contribution in [1.82, 2.24) is 0 Å². The van der Waals surface area contributed by atoms with Gasteiger partial charge in [-0.25, -0.2) is 0 Å². The molecule has 2 aromatic carbocycles. The standard InChI is InChI=1S/C18H17NOS/c1-2-9-16(17(20)14-10-5-3-6-11-14)18(21)19-15-12-7-4-8-13-15/h2-8,10-13,16H,1,9H2,(H,19,21). The predicted molar refractivity (Wildman–Crippen MR) is 91.7 cm³/mol. The third-order valence-corrected chi connectivity index (χ3v) is 3.52. The third kappa shape index (κ3) is 4.10.